The SMILES string of the molecule is CCC(O)(O)C(=O)CCCCCOc1ccc(/C=C/C(=O)OC)cc1. The maximum Gasteiger partial charge on any atom is 0.330 e. The molecule has 138 valence electrons. The highest BCUT2D eigenvalue weighted by atomic mass is 16.5. The minimum absolute atomic E-state index is 0.000241. The van der Waals surface area contributed by atoms with Crippen molar-refractivity contribution in [3.05, 3.63) is 35.9 Å². The summed E-state index contributed by atoms with van der Waals surface area (Å²) in [7, 11) is 1.33. The van der Waals surface area contributed by atoms with Gasteiger partial charge < -0.3 is 19.7 Å². The van der Waals surface area contributed by atoms with Crippen LogP contribution in [0.5, 0.6) is 5.75 Å². The zero-order valence-corrected chi connectivity index (χ0v) is 14.7. The number of benzene rings is 1. The quantitative estimate of drug-likeness (QED) is 0.276. The second-order valence-corrected chi connectivity index (χ2v) is 5.68. The molecular weight excluding hydrogens is 324 g/mol. The molecule has 0 aliphatic carbocycles. The highest BCUT2D eigenvalue weighted by Crippen LogP contribution is 2.15. The van der Waals surface area contributed by atoms with E-state index in [4.69, 9.17) is 4.74 Å². The van der Waals surface area contributed by atoms with Crippen LogP contribution in [0, 0.1) is 0 Å². The summed E-state index contributed by atoms with van der Waals surface area (Å²) in [4.78, 5) is 22.5. The number of Topliss-reactive ketones (excluding diaryl/α,β-unsaturated/α-hetero) is 1. The number of unbranched alkanes of at least 4 members (excludes halogenated alkanes) is 2. The van der Waals surface area contributed by atoms with Crippen molar-refractivity contribution >= 4 is 17.8 Å². The van der Waals surface area contributed by atoms with Crippen LogP contribution in [0.1, 0.15) is 44.6 Å². The van der Waals surface area contributed by atoms with Gasteiger partial charge in [-0.1, -0.05) is 19.1 Å². The molecule has 0 heterocycles. The number of hydrogen-bond acceptors (Lipinski definition) is 6. The van der Waals surface area contributed by atoms with Crippen molar-refractivity contribution in [2.75, 3.05) is 13.7 Å². The molecule has 0 saturated heterocycles. The van der Waals surface area contributed by atoms with Crippen molar-refractivity contribution in [3.8, 4) is 5.75 Å². The molecule has 0 saturated carbocycles. The fraction of sp³-hybridized carbons (Fsp3) is 0.474. The first-order valence-electron chi connectivity index (χ1n) is 8.36. The van der Waals surface area contributed by atoms with E-state index in [0.29, 0.717) is 13.0 Å². The van der Waals surface area contributed by atoms with Crippen molar-refractivity contribution in [2.45, 2.75) is 44.8 Å². The second kappa shape index (κ2) is 10.6. The summed E-state index contributed by atoms with van der Waals surface area (Å²) < 4.78 is 10.1. The van der Waals surface area contributed by atoms with E-state index in [-0.39, 0.29) is 12.8 Å². The number of esters is 1. The fourth-order valence-corrected chi connectivity index (χ4v) is 2.06. The van der Waals surface area contributed by atoms with Crippen molar-refractivity contribution in [2.24, 2.45) is 0 Å². The van der Waals surface area contributed by atoms with E-state index in [1.165, 1.54) is 13.2 Å². The molecule has 0 spiro atoms. The second-order valence-electron chi connectivity index (χ2n) is 5.68. The Balaban J connectivity index is 2.23. The molecule has 0 aliphatic rings. The minimum atomic E-state index is -2.19. The lowest BCUT2D eigenvalue weighted by atomic mass is 10.0. The number of methoxy groups -OCH3 is 1. The molecule has 6 heteroatoms. The summed E-state index contributed by atoms with van der Waals surface area (Å²) in [6, 6.07) is 7.29. The Morgan fingerprint density at radius 2 is 1.80 bits per heavy atom. The van der Waals surface area contributed by atoms with Gasteiger partial charge in [0.1, 0.15) is 5.75 Å². The average Bonchev–Trinajstić information content (AvgIpc) is 2.63. The van der Waals surface area contributed by atoms with Crippen LogP contribution in [0.25, 0.3) is 6.08 Å². The lowest BCUT2D eigenvalue weighted by Crippen LogP contribution is -2.37. The van der Waals surface area contributed by atoms with Crippen molar-refractivity contribution in [1.82, 2.24) is 0 Å². The number of ether oxygens (including phenoxy) is 2. The maximum absolute atomic E-state index is 11.5. The highest BCUT2D eigenvalue weighted by Gasteiger charge is 2.29. The predicted octanol–water partition coefficient (Wildman–Crippen LogP) is 2.47. The van der Waals surface area contributed by atoms with Gasteiger partial charge >= 0.3 is 5.97 Å². The van der Waals surface area contributed by atoms with Gasteiger partial charge in [-0.15, -0.1) is 0 Å². The number of rotatable bonds is 11. The third-order valence-corrected chi connectivity index (χ3v) is 3.75. The average molecular weight is 350 g/mol. The standard InChI is InChI=1S/C19H26O6/c1-3-19(22,23)17(20)7-5-4-6-14-25-16-11-8-15(9-12-16)10-13-18(21)24-2/h8-13,22-23H,3-7,14H2,1-2H3/b13-10+. The molecule has 0 atom stereocenters. The summed E-state index contributed by atoms with van der Waals surface area (Å²) in [6.45, 7) is 2.07. The molecule has 0 bridgehead atoms. The van der Waals surface area contributed by atoms with Crippen LogP contribution in [0.15, 0.2) is 30.3 Å². The summed E-state index contributed by atoms with van der Waals surface area (Å²) >= 11 is 0. The van der Waals surface area contributed by atoms with Crippen LogP contribution in [0.3, 0.4) is 0 Å². The monoisotopic (exact) mass is 350 g/mol. The topological polar surface area (TPSA) is 93.1 Å². The van der Waals surface area contributed by atoms with E-state index in [0.717, 1.165) is 24.2 Å². The lowest BCUT2D eigenvalue weighted by molar-refractivity contribution is -0.183. The Bertz CT molecular complexity index is 574. The molecule has 1 aromatic carbocycles. The summed E-state index contributed by atoms with van der Waals surface area (Å²) in [5.41, 5.74) is 0.865. The van der Waals surface area contributed by atoms with Crippen LogP contribution in [-0.4, -0.2) is 41.5 Å². The van der Waals surface area contributed by atoms with Crippen LogP contribution in [0.4, 0.5) is 0 Å². The van der Waals surface area contributed by atoms with Crippen LogP contribution in [-0.2, 0) is 14.3 Å². The van der Waals surface area contributed by atoms with E-state index < -0.39 is 17.5 Å². The van der Waals surface area contributed by atoms with E-state index >= 15 is 0 Å². The Morgan fingerprint density at radius 1 is 1.12 bits per heavy atom. The molecule has 1 aromatic rings. The van der Waals surface area contributed by atoms with Gasteiger partial charge in [0.05, 0.1) is 13.7 Å². The smallest absolute Gasteiger partial charge is 0.330 e. The maximum atomic E-state index is 11.5. The molecule has 0 fully saturated rings. The van der Waals surface area contributed by atoms with Gasteiger partial charge in [-0.3, -0.25) is 4.79 Å². The van der Waals surface area contributed by atoms with Crippen LogP contribution >= 0.6 is 0 Å². The summed E-state index contributed by atoms with van der Waals surface area (Å²) in [5, 5.41) is 18.8. The third-order valence-electron chi connectivity index (χ3n) is 3.75. The number of aliphatic hydroxyl groups is 2. The summed E-state index contributed by atoms with van der Waals surface area (Å²) in [6.07, 6.45) is 5.30. The van der Waals surface area contributed by atoms with Gasteiger partial charge in [0, 0.05) is 18.9 Å². The molecular formula is C19H26O6. The Hall–Kier alpha value is -2.18. The van der Waals surface area contributed by atoms with Crippen LogP contribution < -0.4 is 4.74 Å². The Labute approximate surface area is 148 Å². The van der Waals surface area contributed by atoms with Gasteiger partial charge in [0.2, 0.25) is 5.79 Å². The highest BCUT2D eigenvalue weighted by molar-refractivity contribution is 5.87. The molecule has 1 rings (SSSR count). The van der Waals surface area contributed by atoms with Gasteiger partial charge in [-0.2, -0.15) is 0 Å². The molecule has 6 nitrogen and oxygen atoms in total. The van der Waals surface area contributed by atoms with Crippen molar-refractivity contribution in [3.63, 3.8) is 0 Å². The van der Waals surface area contributed by atoms with Gasteiger partial charge in [0.15, 0.2) is 5.78 Å². The molecule has 0 unspecified atom stereocenters. The van der Waals surface area contributed by atoms with Crippen molar-refractivity contribution in [1.29, 1.82) is 0 Å². The van der Waals surface area contributed by atoms with Crippen LogP contribution in [0.2, 0.25) is 0 Å². The summed E-state index contributed by atoms with van der Waals surface area (Å²) in [5.74, 6) is -2.41. The largest absolute Gasteiger partial charge is 0.494 e. The van der Waals surface area contributed by atoms with E-state index in [1.807, 2.05) is 24.3 Å². The Morgan fingerprint density at radius 3 is 2.40 bits per heavy atom. The molecule has 0 aromatic heterocycles. The third kappa shape index (κ3) is 7.96. The van der Waals surface area contributed by atoms with E-state index in [9.17, 15) is 19.8 Å². The zero-order valence-electron chi connectivity index (χ0n) is 14.7. The number of carbonyl (C=O) groups excluding carboxylic acids is 2. The number of carbonyl (C=O) groups is 2. The van der Waals surface area contributed by atoms with E-state index in [1.54, 1.807) is 13.0 Å². The van der Waals surface area contributed by atoms with Gasteiger partial charge in [-0.25, -0.2) is 4.79 Å². The zero-order chi connectivity index (χ0) is 18.7. The molecule has 0 aliphatic heterocycles. The predicted molar refractivity (Wildman–Crippen MR) is 93.9 cm³/mol. The Kier molecular flexibility index (Phi) is 8.88. The minimum Gasteiger partial charge on any atom is -0.494 e. The normalized spacial score (nSPS) is 11.5. The first-order chi connectivity index (χ1) is 11.9. The molecule has 0 amide bonds. The van der Waals surface area contributed by atoms with Gasteiger partial charge in [-0.05, 0) is 43.0 Å². The lowest BCUT2D eigenvalue weighted by Gasteiger charge is -2.17. The molecule has 0 radical (unpaired) electrons. The first kappa shape index (κ1) is 20.9. The first-order valence-corrected chi connectivity index (χ1v) is 8.36. The van der Waals surface area contributed by atoms with Crippen molar-refractivity contribution < 1.29 is 29.3 Å². The molecule has 2 N–H and O–H groups in total. The number of ketones is 1. The fourth-order valence-electron chi connectivity index (χ4n) is 2.06. The van der Waals surface area contributed by atoms with Gasteiger partial charge in [0.25, 0.3) is 0 Å². The van der Waals surface area contributed by atoms with E-state index in [2.05, 4.69) is 4.74 Å². The molecule has 25 heavy (non-hydrogen) atoms. The number of hydrogen-bond donors (Lipinski definition) is 2.